The van der Waals surface area contributed by atoms with Crippen LogP contribution in [0.5, 0.6) is 0 Å². The second-order valence-corrected chi connectivity index (χ2v) is 6.20. The zero-order chi connectivity index (χ0) is 20.5. The first-order valence-corrected chi connectivity index (χ1v) is 8.24. The number of benzene rings is 1. The van der Waals surface area contributed by atoms with Gasteiger partial charge in [0.2, 0.25) is 5.95 Å². The molecule has 3 rings (SSSR count). The van der Waals surface area contributed by atoms with Crippen molar-refractivity contribution >= 4 is 28.9 Å². The van der Waals surface area contributed by atoms with E-state index in [9.17, 15) is 18.0 Å². The Hall–Kier alpha value is -3.37. The lowest BCUT2D eigenvalue weighted by molar-refractivity contribution is -0.146. The zero-order valence-corrected chi connectivity index (χ0v) is 14.7. The molecule has 28 heavy (non-hydrogen) atoms. The summed E-state index contributed by atoms with van der Waals surface area (Å²) in [6, 6.07) is 5.15. The number of alkyl halides is 3. The summed E-state index contributed by atoms with van der Waals surface area (Å²) in [5.41, 5.74) is 11.0. The number of hydrogen-bond donors (Lipinski definition) is 3. The number of H-pyrrole nitrogens is 1. The summed E-state index contributed by atoms with van der Waals surface area (Å²) < 4.78 is 44.5. The highest BCUT2D eigenvalue weighted by Gasteiger charge is 2.34. The fraction of sp³-hybridized carbons (Fsp3) is 0.294. The third-order valence-corrected chi connectivity index (χ3v) is 4.09. The first kappa shape index (κ1) is 19.4. The van der Waals surface area contributed by atoms with Gasteiger partial charge in [0, 0.05) is 0 Å². The van der Waals surface area contributed by atoms with Crippen molar-refractivity contribution in [2.24, 2.45) is 0 Å². The molecule has 0 aliphatic carbocycles. The molecular weight excluding hydrogens is 377 g/mol. The molecule has 0 radical (unpaired) electrons. The van der Waals surface area contributed by atoms with E-state index in [0.717, 1.165) is 6.07 Å². The van der Waals surface area contributed by atoms with Gasteiger partial charge in [-0.2, -0.15) is 23.1 Å². The molecule has 0 aliphatic rings. The highest BCUT2D eigenvalue weighted by molar-refractivity contribution is 5.82. The van der Waals surface area contributed by atoms with Gasteiger partial charge in [-0.3, -0.25) is 4.79 Å². The van der Waals surface area contributed by atoms with E-state index in [0.29, 0.717) is 5.52 Å². The number of halogens is 3. The van der Waals surface area contributed by atoms with Gasteiger partial charge in [-0.05, 0) is 17.5 Å². The average molecular weight is 394 g/mol. The Morgan fingerprint density at radius 1 is 1.21 bits per heavy atom. The van der Waals surface area contributed by atoms with Gasteiger partial charge in [0.05, 0.1) is 12.0 Å². The van der Waals surface area contributed by atoms with Crippen LogP contribution in [0.1, 0.15) is 36.2 Å². The third kappa shape index (κ3) is 4.13. The molecule has 1 aromatic carbocycles. The topological polar surface area (TPSA) is 133 Å². The van der Waals surface area contributed by atoms with Gasteiger partial charge in [-0.15, -0.1) is 0 Å². The number of carbonyl (C=O) groups is 1. The van der Waals surface area contributed by atoms with Crippen LogP contribution in [0, 0.1) is 0 Å². The monoisotopic (exact) mass is 394 g/mol. The van der Waals surface area contributed by atoms with E-state index < -0.39 is 23.6 Å². The van der Waals surface area contributed by atoms with Crippen molar-refractivity contribution in [2.45, 2.75) is 32.0 Å². The second-order valence-electron chi connectivity index (χ2n) is 6.20. The van der Waals surface area contributed by atoms with Crippen LogP contribution in [0.2, 0.25) is 0 Å². The highest BCUT2D eigenvalue weighted by atomic mass is 19.4. The highest BCUT2D eigenvalue weighted by Crippen LogP contribution is 2.36. The fourth-order valence-corrected chi connectivity index (χ4v) is 2.81. The van der Waals surface area contributed by atoms with Crippen molar-refractivity contribution in [1.82, 2.24) is 19.9 Å². The van der Waals surface area contributed by atoms with E-state index in [1.54, 1.807) is 0 Å². The minimum absolute atomic E-state index is 0.0363. The predicted molar refractivity (Wildman–Crippen MR) is 94.8 cm³/mol. The maximum absolute atomic E-state index is 13.1. The molecule has 0 saturated heterocycles. The van der Waals surface area contributed by atoms with Gasteiger partial charge in [-0.1, -0.05) is 25.1 Å². The van der Waals surface area contributed by atoms with E-state index in [1.165, 1.54) is 25.1 Å². The molecule has 1 atom stereocenters. The first-order chi connectivity index (χ1) is 13.1. The zero-order valence-electron chi connectivity index (χ0n) is 14.7. The van der Waals surface area contributed by atoms with Gasteiger partial charge in [-0.25, -0.2) is 4.98 Å². The number of aromatic nitrogens is 4. The third-order valence-electron chi connectivity index (χ3n) is 4.09. The minimum atomic E-state index is -4.49. The molecule has 2 heterocycles. The number of fused-ring (bicyclic) bond motifs is 1. The van der Waals surface area contributed by atoms with Crippen LogP contribution < -0.4 is 11.5 Å². The van der Waals surface area contributed by atoms with Crippen LogP contribution in [0.25, 0.3) is 11.2 Å². The number of aromatic amines is 1. The lowest BCUT2D eigenvalue weighted by Gasteiger charge is -2.17. The number of hydrogen-bond acceptors (Lipinski definition) is 7. The van der Waals surface area contributed by atoms with Gasteiger partial charge >= 0.3 is 12.1 Å². The molecular formula is C17H17F3N6O2. The normalized spacial score (nSPS) is 12.9. The Balaban J connectivity index is 1.66. The summed E-state index contributed by atoms with van der Waals surface area (Å²) in [5.74, 6) is -1.02. The van der Waals surface area contributed by atoms with Gasteiger partial charge in [0.1, 0.15) is 17.9 Å². The maximum Gasteiger partial charge on any atom is 0.416 e. The number of ether oxygens (including phenoxy) is 1. The Bertz CT molecular complexity index is 1020. The Morgan fingerprint density at radius 2 is 1.93 bits per heavy atom. The number of nitrogens with zero attached hydrogens (tertiary/aromatic N) is 3. The Kier molecular flexibility index (Phi) is 5.08. The van der Waals surface area contributed by atoms with Crippen LogP contribution in [-0.2, 0) is 22.3 Å². The fourth-order valence-electron chi connectivity index (χ4n) is 2.81. The van der Waals surface area contributed by atoms with Gasteiger partial charge in [0.25, 0.3) is 0 Å². The van der Waals surface area contributed by atoms with E-state index in [1.807, 2.05) is 0 Å². The molecule has 148 valence electrons. The van der Waals surface area contributed by atoms with Crippen molar-refractivity contribution in [1.29, 1.82) is 0 Å². The van der Waals surface area contributed by atoms with Gasteiger partial charge in [0.15, 0.2) is 11.5 Å². The smallest absolute Gasteiger partial charge is 0.416 e. The summed E-state index contributed by atoms with van der Waals surface area (Å²) in [7, 11) is 0. The number of nitrogen functional groups attached to an aromatic ring is 2. The molecule has 0 saturated carbocycles. The van der Waals surface area contributed by atoms with Crippen molar-refractivity contribution in [3.63, 3.8) is 0 Å². The average Bonchev–Trinajstić information content (AvgIpc) is 3.02. The Morgan fingerprint density at radius 3 is 2.64 bits per heavy atom. The van der Waals surface area contributed by atoms with Crippen LogP contribution in [-0.4, -0.2) is 25.9 Å². The summed E-state index contributed by atoms with van der Waals surface area (Å²) >= 11 is 0. The van der Waals surface area contributed by atoms with E-state index in [4.69, 9.17) is 16.2 Å². The lowest BCUT2D eigenvalue weighted by Crippen LogP contribution is -2.14. The second kappa shape index (κ2) is 7.33. The van der Waals surface area contributed by atoms with Crippen LogP contribution in [0.4, 0.5) is 24.9 Å². The van der Waals surface area contributed by atoms with Crippen molar-refractivity contribution < 1.29 is 22.7 Å². The molecule has 11 heteroatoms. The molecule has 0 bridgehead atoms. The van der Waals surface area contributed by atoms with Crippen molar-refractivity contribution in [3.8, 4) is 0 Å². The van der Waals surface area contributed by atoms with E-state index in [2.05, 4.69) is 19.9 Å². The van der Waals surface area contributed by atoms with Crippen LogP contribution >= 0.6 is 0 Å². The summed E-state index contributed by atoms with van der Waals surface area (Å²) in [6.45, 7) is 1.31. The number of nitrogens with two attached hydrogens (primary N) is 2. The number of imidazole rings is 1. The summed E-state index contributed by atoms with van der Waals surface area (Å²) in [6.07, 6.45) is -4.71. The molecule has 2 aromatic heterocycles. The molecule has 1 unspecified atom stereocenters. The maximum atomic E-state index is 13.1. The van der Waals surface area contributed by atoms with Crippen LogP contribution in [0.3, 0.4) is 0 Å². The van der Waals surface area contributed by atoms with Crippen LogP contribution in [0.15, 0.2) is 24.3 Å². The largest absolute Gasteiger partial charge is 0.457 e. The van der Waals surface area contributed by atoms with E-state index >= 15 is 0 Å². The van der Waals surface area contributed by atoms with Gasteiger partial charge < -0.3 is 21.2 Å². The Labute approximate surface area is 157 Å². The molecule has 3 aromatic rings. The first-order valence-electron chi connectivity index (χ1n) is 8.24. The molecule has 0 fully saturated rings. The quantitative estimate of drug-likeness (QED) is 0.567. The molecule has 0 aliphatic heterocycles. The number of nitrogens with one attached hydrogen (secondary N) is 1. The summed E-state index contributed by atoms with van der Waals surface area (Å²) in [5, 5.41) is 0. The minimum Gasteiger partial charge on any atom is -0.457 e. The lowest BCUT2D eigenvalue weighted by atomic mass is 9.93. The number of carbonyl (C=O) groups excluding carboxylic acids is 1. The van der Waals surface area contributed by atoms with Crippen molar-refractivity contribution in [2.75, 3.05) is 11.5 Å². The predicted octanol–water partition coefficient (Wildman–Crippen LogP) is 2.77. The molecule has 0 amide bonds. The SMILES string of the molecule is CC(CC(=O)OCc1nc2nc(N)nc(N)c2[nH]1)c1ccccc1C(F)(F)F. The number of rotatable bonds is 5. The van der Waals surface area contributed by atoms with E-state index in [-0.39, 0.29) is 41.8 Å². The van der Waals surface area contributed by atoms with Crippen molar-refractivity contribution in [3.05, 3.63) is 41.2 Å². The molecule has 0 spiro atoms. The number of anilines is 2. The molecule has 8 nitrogen and oxygen atoms in total. The standard InChI is InChI=1S/C17H17F3N6O2/c1-8(9-4-2-3-5-10(9)17(18,19)20)6-12(27)28-7-11-23-13-14(21)25-16(22)26-15(13)24-11/h2-5,8H,6-7H2,1H3,(H5,21,22,23,24,25,26). The molecule has 5 N–H and O–H groups in total. The summed E-state index contributed by atoms with van der Waals surface area (Å²) in [4.78, 5) is 26.7. The number of esters is 1.